The van der Waals surface area contributed by atoms with Crippen LogP contribution in [-0.4, -0.2) is 25.6 Å². The lowest BCUT2D eigenvalue weighted by Gasteiger charge is -2.30. The molecule has 6 rings (SSSR count). The summed E-state index contributed by atoms with van der Waals surface area (Å²) in [6.07, 6.45) is 8.40. The molecule has 5 nitrogen and oxygen atoms in total. The van der Waals surface area contributed by atoms with Crippen molar-refractivity contribution in [1.82, 2.24) is 19.4 Å². The average molecular weight is 404 g/mol. The summed E-state index contributed by atoms with van der Waals surface area (Å²) < 4.78 is 2.10. The number of aromatic nitrogens is 4. The molecule has 150 valence electrons. The van der Waals surface area contributed by atoms with Crippen molar-refractivity contribution < 1.29 is 4.79 Å². The van der Waals surface area contributed by atoms with E-state index in [4.69, 9.17) is 9.97 Å². The number of carbonyl (C=O) groups excluding carboxylic acids is 1. The number of carbonyl (C=O) groups is 1. The van der Waals surface area contributed by atoms with Gasteiger partial charge in [-0.15, -0.1) is 0 Å². The summed E-state index contributed by atoms with van der Waals surface area (Å²) in [6.45, 7) is 0. The van der Waals surface area contributed by atoms with Crippen LogP contribution in [0.4, 0.5) is 0 Å². The predicted molar refractivity (Wildman–Crippen MR) is 121 cm³/mol. The Morgan fingerprint density at radius 3 is 2.61 bits per heavy atom. The maximum atomic E-state index is 11.1. The quantitative estimate of drug-likeness (QED) is 0.381. The van der Waals surface area contributed by atoms with Crippen LogP contribution in [-0.2, 0) is 4.79 Å². The van der Waals surface area contributed by atoms with Crippen molar-refractivity contribution in [3.8, 4) is 22.6 Å². The normalized spacial score (nSPS) is 18.2. The van der Waals surface area contributed by atoms with Gasteiger partial charge in [0.25, 0.3) is 0 Å². The molecule has 0 spiro atoms. The Bertz CT molecular complexity index is 1420. The summed E-state index contributed by atoms with van der Waals surface area (Å²) in [6, 6.07) is 20.7. The monoisotopic (exact) mass is 404 g/mol. The van der Waals surface area contributed by atoms with Crippen LogP contribution in [0.3, 0.4) is 0 Å². The van der Waals surface area contributed by atoms with Crippen molar-refractivity contribution in [2.75, 3.05) is 0 Å². The first-order chi connectivity index (χ1) is 15.3. The zero-order valence-electron chi connectivity index (χ0n) is 16.8. The van der Waals surface area contributed by atoms with Gasteiger partial charge in [-0.2, -0.15) is 0 Å². The van der Waals surface area contributed by atoms with Gasteiger partial charge in [-0.25, -0.2) is 9.97 Å². The van der Waals surface area contributed by atoms with E-state index in [9.17, 15) is 4.79 Å². The Kier molecular flexibility index (Phi) is 4.13. The second kappa shape index (κ2) is 7.13. The number of fused-ring (bicyclic) bond motifs is 2. The molecule has 0 bridgehead atoms. The summed E-state index contributed by atoms with van der Waals surface area (Å²) in [4.78, 5) is 25.3. The minimum atomic E-state index is 0.156. The maximum Gasteiger partial charge on any atom is 0.145 e. The predicted octanol–water partition coefficient (Wildman–Crippen LogP) is 5.30. The van der Waals surface area contributed by atoms with Gasteiger partial charge in [-0.3, -0.25) is 9.38 Å². The summed E-state index contributed by atoms with van der Waals surface area (Å²) in [5.41, 5.74) is 6.06. The van der Waals surface area contributed by atoms with Crippen molar-refractivity contribution in [3.05, 3.63) is 84.9 Å². The molecule has 0 unspecified atom stereocenters. The molecule has 0 aliphatic heterocycles. The lowest BCUT2D eigenvalue weighted by Crippen LogP contribution is -2.23. The summed E-state index contributed by atoms with van der Waals surface area (Å²) >= 11 is 0. The lowest BCUT2D eigenvalue weighted by molar-refractivity contribution is -0.113. The van der Waals surface area contributed by atoms with Gasteiger partial charge in [0, 0.05) is 40.7 Å². The minimum Gasteiger partial charge on any atom is -0.303 e. The van der Waals surface area contributed by atoms with Crippen LogP contribution in [0.25, 0.3) is 39.1 Å². The number of nitrogens with zero attached hydrogens (tertiary/aromatic N) is 4. The first-order valence-electron chi connectivity index (χ1n) is 10.5. The highest BCUT2D eigenvalue weighted by Gasteiger charge is 2.33. The highest BCUT2D eigenvalue weighted by atomic mass is 16.1. The highest BCUT2D eigenvalue weighted by Crippen LogP contribution is 2.42. The van der Waals surface area contributed by atoms with Crippen molar-refractivity contribution in [3.63, 3.8) is 0 Å². The first kappa shape index (κ1) is 18.0. The number of rotatable bonds is 4. The van der Waals surface area contributed by atoms with Crippen molar-refractivity contribution in [2.24, 2.45) is 5.92 Å². The average Bonchev–Trinajstić information content (AvgIpc) is 3.18. The van der Waals surface area contributed by atoms with Crippen molar-refractivity contribution >= 4 is 22.7 Å². The topological polar surface area (TPSA) is 60.2 Å². The SMILES string of the molecule is O=CC1CC(c2nc(-c3ccc4ccc(-c5ccccc5)nc4c3)n3ccncc23)C1. The lowest BCUT2D eigenvalue weighted by atomic mass is 9.74. The molecule has 1 aliphatic carbocycles. The smallest absolute Gasteiger partial charge is 0.145 e. The van der Waals surface area contributed by atoms with Crippen LogP contribution in [0, 0.1) is 5.92 Å². The Morgan fingerprint density at radius 2 is 1.77 bits per heavy atom. The molecule has 31 heavy (non-hydrogen) atoms. The summed E-state index contributed by atoms with van der Waals surface area (Å²) in [5, 5.41) is 1.10. The van der Waals surface area contributed by atoms with E-state index < -0.39 is 0 Å². The van der Waals surface area contributed by atoms with Crippen LogP contribution in [0.2, 0.25) is 0 Å². The molecule has 0 saturated heterocycles. The number of benzene rings is 2. The molecule has 1 aliphatic rings. The van der Waals surface area contributed by atoms with Crippen LogP contribution < -0.4 is 0 Å². The van der Waals surface area contributed by atoms with Gasteiger partial charge in [0.15, 0.2) is 0 Å². The fourth-order valence-corrected chi connectivity index (χ4v) is 4.49. The fourth-order valence-electron chi connectivity index (χ4n) is 4.49. The van der Waals surface area contributed by atoms with E-state index in [2.05, 4.69) is 51.8 Å². The van der Waals surface area contributed by atoms with Gasteiger partial charge in [0.05, 0.1) is 28.6 Å². The minimum absolute atomic E-state index is 0.156. The number of hydrogen-bond acceptors (Lipinski definition) is 4. The van der Waals surface area contributed by atoms with Gasteiger partial charge >= 0.3 is 0 Å². The largest absolute Gasteiger partial charge is 0.303 e. The molecule has 1 saturated carbocycles. The Hall–Kier alpha value is -3.86. The van der Waals surface area contributed by atoms with E-state index in [1.165, 1.54) is 0 Å². The second-order valence-electron chi connectivity index (χ2n) is 8.19. The summed E-state index contributed by atoms with van der Waals surface area (Å²) in [5.74, 6) is 1.35. The standard InChI is InChI=1S/C26H20N4O/c31-16-17-12-21(13-17)25-24-15-27-10-11-30(24)26(29-25)20-7-6-19-8-9-22(28-23(19)14-20)18-4-2-1-3-5-18/h1-11,14-17,21H,12-13H2. The van der Waals surface area contributed by atoms with Crippen LogP contribution in [0.1, 0.15) is 24.5 Å². The van der Waals surface area contributed by atoms with E-state index in [1.54, 1.807) is 6.20 Å². The molecule has 0 amide bonds. The molecule has 3 heterocycles. The summed E-state index contributed by atoms with van der Waals surface area (Å²) in [7, 11) is 0. The molecule has 3 aromatic heterocycles. The van der Waals surface area contributed by atoms with Gasteiger partial charge in [-0.1, -0.05) is 48.5 Å². The first-order valence-corrected chi connectivity index (χ1v) is 10.5. The Labute approximate surface area is 179 Å². The third-order valence-electron chi connectivity index (χ3n) is 6.25. The Morgan fingerprint density at radius 1 is 0.935 bits per heavy atom. The zero-order valence-corrected chi connectivity index (χ0v) is 16.8. The van der Waals surface area contributed by atoms with Crippen LogP contribution >= 0.6 is 0 Å². The molecule has 5 heteroatoms. The number of hydrogen-bond donors (Lipinski definition) is 0. The molecule has 2 aromatic carbocycles. The van der Waals surface area contributed by atoms with Crippen LogP contribution in [0.15, 0.2) is 79.3 Å². The number of aldehydes is 1. The molecule has 0 atom stereocenters. The molecule has 0 radical (unpaired) electrons. The van der Waals surface area contributed by atoms with Gasteiger partial charge < -0.3 is 4.79 Å². The van der Waals surface area contributed by atoms with E-state index in [-0.39, 0.29) is 5.92 Å². The molecule has 5 aromatic rings. The third-order valence-corrected chi connectivity index (χ3v) is 6.25. The molecule has 0 N–H and O–H groups in total. The van der Waals surface area contributed by atoms with Crippen LogP contribution in [0.5, 0.6) is 0 Å². The zero-order chi connectivity index (χ0) is 20.8. The molecular weight excluding hydrogens is 384 g/mol. The maximum absolute atomic E-state index is 11.1. The highest BCUT2D eigenvalue weighted by molar-refractivity contribution is 5.86. The van der Waals surface area contributed by atoms with Gasteiger partial charge in [-0.05, 0) is 25.0 Å². The van der Waals surface area contributed by atoms with E-state index in [1.807, 2.05) is 30.6 Å². The van der Waals surface area contributed by atoms with E-state index in [0.717, 1.165) is 63.9 Å². The van der Waals surface area contributed by atoms with E-state index >= 15 is 0 Å². The third kappa shape index (κ3) is 3.01. The van der Waals surface area contributed by atoms with E-state index in [0.29, 0.717) is 5.92 Å². The second-order valence-corrected chi connectivity index (χ2v) is 8.19. The van der Waals surface area contributed by atoms with Crippen molar-refractivity contribution in [1.29, 1.82) is 0 Å². The van der Waals surface area contributed by atoms with Gasteiger partial charge in [0.1, 0.15) is 12.1 Å². The van der Waals surface area contributed by atoms with Gasteiger partial charge in [0.2, 0.25) is 0 Å². The molecular formula is C26H20N4O. The number of imidazole rings is 1. The Balaban J connectivity index is 1.46. The van der Waals surface area contributed by atoms with Crippen molar-refractivity contribution in [2.45, 2.75) is 18.8 Å². The fraction of sp³-hybridized carbons (Fsp3) is 0.154. The number of pyridine rings is 1. The molecule has 1 fully saturated rings.